The van der Waals surface area contributed by atoms with E-state index in [1.54, 1.807) is 0 Å². The third-order valence-electron chi connectivity index (χ3n) is 14.3. The third kappa shape index (κ3) is 5.16. The van der Waals surface area contributed by atoms with Gasteiger partial charge in [0.1, 0.15) is 0 Å². The van der Waals surface area contributed by atoms with E-state index in [-0.39, 0.29) is 40.1 Å². The summed E-state index contributed by atoms with van der Waals surface area (Å²) in [6.45, 7) is 16.8. The van der Waals surface area contributed by atoms with Gasteiger partial charge in [-0.3, -0.25) is 9.59 Å². The van der Waals surface area contributed by atoms with Gasteiger partial charge in [-0.25, -0.2) is 0 Å². The second-order valence-corrected chi connectivity index (χ2v) is 17.2. The van der Waals surface area contributed by atoms with E-state index in [2.05, 4.69) is 59.8 Å². The number of benzene rings is 1. The topological polar surface area (TPSA) is 74.6 Å². The lowest BCUT2D eigenvalue weighted by Crippen LogP contribution is -2.65. The van der Waals surface area contributed by atoms with Gasteiger partial charge in [-0.2, -0.15) is 0 Å². The zero-order valence-corrected chi connectivity index (χ0v) is 28.1. The molecule has 4 heteroatoms. The van der Waals surface area contributed by atoms with E-state index in [0.717, 1.165) is 44.9 Å². The summed E-state index contributed by atoms with van der Waals surface area (Å²) in [4.78, 5) is 26.4. The Morgan fingerprint density at radius 3 is 2.21 bits per heavy atom. The van der Waals surface area contributed by atoms with Crippen LogP contribution in [0.1, 0.15) is 125 Å². The van der Waals surface area contributed by atoms with Crippen molar-refractivity contribution in [3.8, 4) is 0 Å². The minimum atomic E-state index is -0.679. The van der Waals surface area contributed by atoms with Crippen LogP contribution in [0, 0.1) is 50.2 Å². The fourth-order valence-corrected chi connectivity index (χ4v) is 11.4. The Bertz CT molecular complexity index is 1250. The molecule has 0 heterocycles. The SMILES string of the molecule is CC1(C)CCCC2(C)C1CCC1(C)C2C(=O)C=C2C3C[C@@](C)(C(=O)O)CCC3(C)CC[C@]21C.OCCCc1ccccc1. The largest absolute Gasteiger partial charge is 0.481 e. The van der Waals surface area contributed by atoms with Crippen LogP contribution in [0.2, 0.25) is 0 Å². The molecule has 43 heavy (non-hydrogen) atoms. The molecule has 8 atom stereocenters. The summed E-state index contributed by atoms with van der Waals surface area (Å²) < 4.78 is 0. The van der Waals surface area contributed by atoms with Crippen molar-refractivity contribution < 1.29 is 19.8 Å². The lowest BCUT2D eigenvalue weighted by atomic mass is 9.33. The molecule has 4 saturated carbocycles. The van der Waals surface area contributed by atoms with Crippen molar-refractivity contribution in [1.82, 2.24) is 0 Å². The number of aryl methyl sites for hydroxylation is 1. The minimum absolute atomic E-state index is 0.0118. The molecule has 1 aromatic carbocycles. The zero-order valence-electron chi connectivity index (χ0n) is 28.1. The standard InChI is InChI=1S/C30H46O3.C9H12O/c1-25(2)10-8-11-28(5)22(25)9-12-30(7)23(28)21(31)17-19-20-18-27(4,24(32)33)14-13-26(20,3)15-16-29(19,30)6;10-8-4-7-9-5-2-1-3-6-9/h17,20,22-23H,8-16,18H2,1-7H3,(H,32,33);1-3,5-6,10H,4,7-8H2/t20?,22?,23?,26?,27-,28?,29+,30?;/m0./s1. The maximum atomic E-state index is 14.2. The Balaban J connectivity index is 0.000000314. The molecule has 0 amide bonds. The molecule has 5 aliphatic rings. The molecule has 0 aliphatic heterocycles. The molecule has 2 N–H and O–H groups in total. The van der Waals surface area contributed by atoms with Crippen molar-refractivity contribution in [2.75, 3.05) is 6.61 Å². The van der Waals surface area contributed by atoms with Crippen molar-refractivity contribution >= 4 is 11.8 Å². The van der Waals surface area contributed by atoms with Crippen LogP contribution < -0.4 is 0 Å². The summed E-state index contributed by atoms with van der Waals surface area (Å²) in [7, 11) is 0. The first-order valence-electron chi connectivity index (χ1n) is 17.2. The number of carboxylic acid groups (broad SMARTS) is 1. The van der Waals surface area contributed by atoms with Gasteiger partial charge in [-0.05, 0) is 128 Å². The van der Waals surface area contributed by atoms with Crippen LogP contribution in [0.25, 0.3) is 0 Å². The highest BCUT2D eigenvalue weighted by Gasteiger charge is 2.69. The summed E-state index contributed by atoms with van der Waals surface area (Å²) in [6.07, 6.45) is 14.6. The maximum absolute atomic E-state index is 14.2. The molecule has 0 bridgehead atoms. The Morgan fingerprint density at radius 2 is 1.56 bits per heavy atom. The Kier molecular flexibility index (Phi) is 8.41. The summed E-state index contributed by atoms with van der Waals surface area (Å²) in [5, 5.41) is 18.6. The van der Waals surface area contributed by atoms with Crippen LogP contribution in [-0.2, 0) is 16.0 Å². The van der Waals surface area contributed by atoms with E-state index in [4.69, 9.17) is 5.11 Å². The summed E-state index contributed by atoms with van der Waals surface area (Å²) in [5.41, 5.74) is 2.39. The maximum Gasteiger partial charge on any atom is 0.309 e. The highest BCUT2D eigenvalue weighted by molar-refractivity contribution is 5.95. The van der Waals surface area contributed by atoms with E-state index in [1.807, 2.05) is 25.1 Å². The number of ketones is 1. The van der Waals surface area contributed by atoms with Gasteiger partial charge >= 0.3 is 5.97 Å². The third-order valence-corrected chi connectivity index (χ3v) is 14.3. The average Bonchev–Trinajstić information content (AvgIpc) is 2.94. The van der Waals surface area contributed by atoms with Gasteiger partial charge in [-0.1, -0.05) is 83.9 Å². The highest BCUT2D eigenvalue weighted by atomic mass is 16.4. The number of carbonyl (C=O) groups is 2. The lowest BCUT2D eigenvalue weighted by Gasteiger charge is -2.70. The first-order chi connectivity index (χ1) is 20.1. The average molecular weight is 591 g/mol. The van der Waals surface area contributed by atoms with Crippen LogP contribution in [0.5, 0.6) is 0 Å². The van der Waals surface area contributed by atoms with Gasteiger partial charge in [0, 0.05) is 12.5 Å². The monoisotopic (exact) mass is 590 g/mol. The van der Waals surface area contributed by atoms with Gasteiger partial charge in [0.2, 0.25) is 0 Å². The molecule has 0 radical (unpaired) electrons. The molecule has 0 spiro atoms. The predicted octanol–water partition coefficient (Wildman–Crippen LogP) is 9.05. The number of aliphatic hydroxyl groups excluding tert-OH is 1. The van der Waals surface area contributed by atoms with E-state index < -0.39 is 11.4 Å². The highest BCUT2D eigenvalue weighted by Crippen LogP contribution is 2.75. The van der Waals surface area contributed by atoms with Crippen molar-refractivity contribution in [2.45, 2.75) is 126 Å². The molecule has 4 nitrogen and oxygen atoms in total. The number of aliphatic carboxylic acids is 1. The number of carboxylic acids is 1. The summed E-state index contributed by atoms with van der Waals surface area (Å²) >= 11 is 0. The first-order valence-corrected chi connectivity index (χ1v) is 17.2. The molecule has 6 rings (SSSR count). The van der Waals surface area contributed by atoms with Crippen molar-refractivity contribution in [2.24, 2.45) is 50.2 Å². The van der Waals surface area contributed by atoms with Gasteiger partial charge in [-0.15, -0.1) is 0 Å². The zero-order chi connectivity index (χ0) is 31.5. The molecular formula is C39H58O4. The van der Waals surface area contributed by atoms with Crippen LogP contribution in [0.4, 0.5) is 0 Å². The lowest BCUT2D eigenvalue weighted by molar-refractivity contribution is -0.185. The number of hydrogen-bond acceptors (Lipinski definition) is 3. The number of aliphatic hydroxyl groups is 1. The Morgan fingerprint density at radius 1 is 0.884 bits per heavy atom. The number of allylic oxidation sites excluding steroid dienone is 2. The van der Waals surface area contributed by atoms with E-state index >= 15 is 0 Å². The van der Waals surface area contributed by atoms with Crippen LogP contribution >= 0.6 is 0 Å². The van der Waals surface area contributed by atoms with Gasteiger partial charge < -0.3 is 10.2 Å². The second kappa shape index (κ2) is 11.1. The number of rotatable bonds is 4. The summed E-state index contributed by atoms with van der Waals surface area (Å²) in [6, 6.07) is 10.2. The minimum Gasteiger partial charge on any atom is -0.481 e. The van der Waals surface area contributed by atoms with E-state index in [1.165, 1.54) is 36.8 Å². The number of hydrogen-bond donors (Lipinski definition) is 2. The molecule has 0 aromatic heterocycles. The van der Waals surface area contributed by atoms with Gasteiger partial charge in [0.15, 0.2) is 5.78 Å². The fourth-order valence-electron chi connectivity index (χ4n) is 11.4. The first kappa shape index (κ1) is 32.5. The van der Waals surface area contributed by atoms with Crippen LogP contribution in [0.3, 0.4) is 0 Å². The van der Waals surface area contributed by atoms with Crippen LogP contribution in [-0.4, -0.2) is 28.6 Å². The smallest absolute Gasteiger partial charge is 0.309 e. The molecule has 6 unspecified atom stereocenters. The van der Waals surface area contributed by atoms with E-state index in [0.29, 0.717) is 23.5 Å². The van der Waals surface area contributed by atoms with Crippen molar-refractivity contribution in [3.05, 3.63) is 47.5 Å². The quantitative estimate of drug-likeness (QED) is 0.367. The molecule has 238 valence electrons. The van der Waals surface area contributed by atoms with Crippen LogP contribution in [0.15, 0.2) is 42.0 Å². The normalized spacial score (nSPS) is 43.0. The molecular weight excluding hydrogens is 532 g/mol. The summed E-state index contributed by atoms with van der Waals surface area (Å²) in [5.74, 6) is 0.609. The second-order valence-electron chi connectivity index (χ2n) is 17.2. The number of fused-ring (bicyclic) bond motifs is 7. The Hall–Kier alpha value is -1.94. The van der Waals surface area contributed by atoms with Crippen molar-refractivity contribution in [3.63, 3.8) is 0 Å². The van der Waals surface area contributed by atoms with Gasteiger partial charge in [0.05, 0.1) is 5.41 Å². The predicted molar refractivity (Wildman–Crippen MR) is 174 cm³/mol. The van der Waals surface area contributed by atoms with E-state index in [9.17, 15) is 14.7 Å². The molecule has 1 aromatic rings. The Labute approximate surface area is 261 Å². The van der Waals surface area contributed by atoms with Crippen molar-refractivity contribution in [1.29, 1.82) is 0 Å². The fraction of sp³-hybridized carbons (Fsp3) is 0.744. The molecule has 0 saturated heterocycles. The number of carbonyl (C=O) groups excluding carboxylic acids is 1. The molecule has 4 fully saturated rings. The van der Waals surface area contributed by atoms with Gasteiger partial charge in [0.25, 0.3) is 0 Å². The molecule has 5 aliphatic carbocycles.